The van der Waals surface area contributed by atoms with Gasteiger partial charge in [-0.1, -0.05) is 0 Å². The Morgan fingerprint density at radius 3 is 2.85 bits per heavy atom. The second-order valence-electron chi connectivity index (χ2n) is 5.07. The molecule has 0 spiro atoms. The van der Waals surface area contributed by atoms with Gasteiger partial charge in [0.2, 0.25) is 0 Å². The van der Waals surface area contributed by atoms with E-state index in [-0.39, 0.29) is 5.97 Å². The van der Waals surface area contributed by atoms with Crippen molar-refractivity contribution >= 4 is 39.8 Å². The molecule has 0 bridgehead atoms. The normalized spacial score (nSPS) is 22.3. The molecule has 2 heterocycles. The van der Waals surface area contributed by atoms with E-state index in [4.69, 9.17) is 10.5 Å². The highest BCUT2D eigenvalue weighted by atomic mass is 32.2. The van der Waals surface area contributed by atoms with Crippen LogP contribution in [-0.2, 0) is 4.74 Å². The Kier molecular flexibility index (Phi) is 4.51. The van der Waals surface area contributed by atoms with Gasteiger partial charge in [-0.2, -0.15) is 0 Å². The molecule has 1 aromatic heterocycles. The molecule has 0 amide bonds. The number of ether oxygens (including phenoxy) is 1. The number of thioether (sulfide) groups is 1. The predicted molar refractivity (Wildman–Crippen MR) is 83.9 cm³/mol. The average Bonchev–Trinajstić information content (AvgIpc) is 2.89. The van der Waals surface area contributed by atoms with Crippen molar-refractivity contribution in [2.45, 2.75) is 30.8 Å². The van der Waals surface area contributed by atoms with Crippen LogP contribution in [0.3, 0.4) is 0 Å². The molecule has 7 heteroatoms. The van der Waals surface area contributed by atoms with Crippen molar-refractivity contribution in [2.75, 3.05) is 36.6 Å². The Morgan fingerprint density at radius 2 is 2.35 bits per heavy atom. The van der Waals surface area contributed by atoms with E-state index in [1.54, 1.807) is 6.92 Å². The van der Waals surface area contributed by atoms with Crippen molar-refractivity contribution in [2.24, 2.45) is 0 Å². The molecule has 3 N–H and O–H groups in total. The summed E-state index contributed by atoms with van der Waals surface area (Å²) in [4.78, 5) is 15.4. The molecule has 0 saturated carbocycles. The minimum Gasteiger partial charge on any atom is -0.462 e. The van der Waals surface area contributed by atoms with Gasteiger partial charge < -0.3 is 20.5 Å². The molecule has 20 heavy (non-hydrogen) atoms. The Labute approximate surface area is 127 Å². The maximum Gasteiger partial charge on any atom is 0.350 e. The summed E-state index contributed by atoms with van der Waals surface area (Å²) in [5.41, 5.74) is 5.89. The largest absolute Gasteiger partial charge is 0.462 e. The highest BCUT2D eigenvalue weighted by molar-refractivity contribution is 7.99. The van der Waals surface area contributed by atoms with E-state index in [1.807, 2.05) is 13.2 Å². The van der Waals surface area contributed by atoms with Crippen molar-refractivity contribution in [1.29, 1.82) is 0 Å². The molecule has 5 nitrogen and oxygen atoms in total. The highest BCUT2D eigenvalue weighted by Crippen LogP contribution is 2.45. The average molecular weight is 316 g/mol. The van der Waals surface area contributed by atoms with Gasteiger partial charge in [0.05, 0.1) is 22.8 Å². The van der Waals surface area contributed by atoms with Crippen LogP contribution in [0.5, 0.6) is 0 Å². The second kappa shape index (κ2) is 5.83. The van der Waals surface area contributed by atoms with E-state index in [2.05, 4.69) is 4.90 Å². The fourth-order valence-corrected chi connectivity index (χ4v) is 4.39. The highest BCUT2D eigenvalue weighted by Gasteiger charge is 2.34. The van der Waals surface area contributed by atoms with E-state index in [9.17, 15) is 9.90 Å². The van der Waals surface area contributed by atoms with Crippen molar-refractivity contribution in [3.05, 3.63) is 4.88 Å². The zero-order valence-electron chi connectivity index (χ0n) is 11.9. The van der Waals surface area contributed by atoms with Gasteiger partial charge in [-0.15, -0.1) is 23.1 Å². The summed E-state index contributed by atoms with van der Waals surface area (Å²) in [6.45, 7) is 5.26. The first-order valence-electron chi connectivity index (χ1n) is 6.50. The number of anilines is 2. The number of carbonyl (C=O) groups is 1. The van der Waals surface area contributed by atoms with Gasteiger partial charge >= 0.3 is 5.97 Å². The third-order valence-corrected chi connectivity index (χ3v) is 5.48. The van der Waals surface area contributed by atoms with Gasteiger partial charge in [-0.05, 0) is 26.5 Å². The van der Waals surface area contributed by atoms with Crippen LogP contribution in [-0.4, -0.2) is 42.6 Å². The molecular weight excluding hydrogens is 296 g/mol. The Balaban J connectivity index is 2.34. The van der Waals surface area contributed by atoms with E-state index in [1.165, 1.54) is 23.1 Å². The molecule has 112 valence electrons. The van der Waals surface area contributed by atoms with Crippen LogP contribution in [0.4, 0.5) is 10.7 Å². The first-order chi connectivity index (χ1) is 9.39. The van der Waals surface area contributed by atoms with Gasteiger partial charge in [-0.25, -0.2) is 4.79 Å². The molecule has 1 fully saturated rings. The number of nitrogen functional groups attached to an aromatic ring is 1. The molecular formula is C13H20N2O3S2. The third-order valence-electron chi connectivity index (χ3n) is 3.29. The van der Waals surface area contributed by atoms with Crippen LogP contribution in [0.15, 0.2) is 4.90 Å². The molecule has 0 aliphatic carbocycles. The number of rotatable bonds is 4. The lowest BCUT2D eigenvalue weighted by molar-refractivity contribution is 0.0533. The van der Waals surface area contributed by atoms with E-state index in [0.29, 0.717) is 30.1 Å². The van der Waals surface area contributed by atoms with Crippen LogP contribution in [0.25, 0.3) is 0 Å². The van der Waals surface area contributed by atoms with Crippen LogP contribution in [0.2, 0.25) is 0 Å². The lowest BCUT2D eigenvalue weighted by Crippen LogP contribution is -2.29. The Hall–Kier alpha value is -0.920. The zero-order valence-corrected chi connectivity index (χ0v) is 13.6. The van der Waals surface area contributed by atoms with Crippen LogP contribution >= 0.6 is 23.1 Å². The number of hydrogen-bond acceptors (Lipinski definition) is 7. The summed E-state index contributed by atoms with van der Waals surface area (Å²) in [5, 5.41) is 11.0. The van der Waals surface area contributed by atoms with Gasteiger partial charge in [0, 0.05) is 13.1 Å². The van der Waals surface area contributed by atoms with Crippen molar-refractivity contribution in [1.82, 2.24) is 0 Å². The van der Waals surface area contributed by atoms with Crippen molar-refractivity contribution in [3.63, 3.8) is 0 Å². The summed E-state index contributed by atoms with van der Waals surface area (Å²) >= 11 is 2.87. The fourth-order valence-electron chi connectivity index (χ4n) is 2.29. The topological polar surface area (TPSA) is 75.8 Å². The van der Waals surface area contributed by atoms with E-state index < -0.39 is 5.60 Å². The number of carbonyl (C=O) groups excluding carboxylic acids is 1. The van der Waals surface area contributed by atoms with E-state index in [0.717, 1.165) is 16.4 Å². The molecule has 2 rings (SSSR count). The number of nitrogens with two attached hydrogens (primary N) is 1. The van der Waals surface area contributed by atoms with E-state index >= 15 is 0 Å². The number of aliphatic hydroxyl groups is 1. The Bertz CT molecular complexity index is 514. The number of thiophene rings is 1. The van der Waals surface area contributed by atoms with Crippen LogP contribution in [0.1, 0.15) is 29.9 Å². The molecule has 1 aromatic rings. The summed E-state index contributed by atoms with van der Waals surface area (Å²) in [6.07, 6.45) is 2.65. The smallest absolute Gasteiger partial charge is 0.350 e. The molecule has 1 unspecified atom stereocenters. The lowest BCUT2D eigenvalue weighted by Gasteiger charge is -2.20. The van der Waals surface area contributed by atoms with Crippen LogP contribution < -0.4 is 10.6 Å². The van der Waals surface area contributed by atoms with Gasteiger partial charge in [-0.3, -0.25) is 0 Å². The standard InChI is InChI=1S/C13H20N2O3S2/c1-4-18-12(16)10-8(14)9(19-3)11(20-10)15-6-5-13(2,17)7-15/h17H,4-7,14H2,1-3H3. The first kappa shape index (κ1) is 15.5. The molecule has 1 aliphatic heterocycles. The monoisotopic (exact) mass is 316 g/mol. The third kappa shape index (κ3) is 2.89. The summed E-state index contributed by atoms with van der Waals surface area (Å²) in [7, 11) is 0. The van der Waals surface area contributed by atoms with Gasteiger partial charge in [0.15, 0.2) is 0 Å². The number of hydrogen-bond donors (Lipinski definition) is 2. The molecule has 1 saturated heterocycles. The van der Waals surface area contributed by atoms with Gasteiger partial charge in [0.1, 0.15) is 9.88 Å². The Morgan fingerprint density at radius 1 is 1.65 bits per heavy atom. The summed E-state index contributed by atoms with van der Waals surface area (Å²) in [6, 6.07) is 0. The minimum absolute atomic E-state index is 0.332. The maximum atomic E-state index is 11.9. The molecule has 1 aliphatic rings. The lowest BCUT2D eigenvalue weighted by atomic mass is 10.1. The van der Waals surface area contributed by atoms with Gasteiger partial charge in [0.25, 0.3) is 0 Å². The first-order valence-corrected chi connectivity index (χ1v) is 8.54. The molecule has 0 aromatic carbocycles. The SMILES string of the molecule is CCOC(=O)c1sc(N2CCC(C)(O)C2)c(SC)c1N. The van der Waals surface area contributed by atoms with Crippen molar-refractivity contribution < 1.29 is 14.6 Å². The van der Waals surface area contributed by atoms with Crippen molar-refractivity contribution in [3.8, 4) is 0 Å². The quantitative estimate of drug-likeness (QED) is 0.655. The summed E-state index contributed by atoms with van der Waals surface area (Å²) in [5.74, 6) is -0.373. The molecule has 1 atom stereocenters. The number of nitrogens with zero attached hydrogens (tertiary/aromatic N) is 1. The predicted octanol–water partition coefficient (Wildman–Crippen LogP) is 2.19. The number of esters is 1. The fraction of sp³-hybridized carbons (Fsp3) is 0.615. The maximum absolute atomic E-state index is 11.9. The zero-order chi connectivity index (χ0) is 14.9. The second-order valence-corrected chi connectivity index (χ2v) is 6.89. The minimum atomic E-state index is -0.682. The number of β-amino-alcohol motifs (C(OH)–C–C–N with tert-alkyl or cyclic N) is 1. The molecule has 0 radical (unpaired) electrons. The van der Waals surface area contributed by atoms with Crippen LogP contribution in [0, 0.1) is 0 Å². The summed E-state index contributed by atoms with van der Waals surface area (Å²) < 4.78 is 5.04.